The molecule has 0 spiro atoms. The van der Waals surface area contributed by atoms with Crippen molar-refractivity contribution in [2.45, 2.75) is 38.6 Å². The van der Waals surface area contributed by atoms with Gasteiger partial charge in [0.15, 0.2) is 0 Å². The first-order valence-corrected chi connectivity index (χ1v) is 6.51. The number of aryl methyl sites for hydroxylation is 2. The number of aromatic nitrogens is 3. The Labute approximate surface area is 109 Å². The SMILES string of the molecule is C[n+]1cnn(CCCC(C)(C)c2ccccc2)c1. The molecule has 18 heavy (non-hydrogen) atoms. The highest BCUT2D eigenvalue weighted by Gasteiger charge is 2.20. The predicted molar refractivity (Wildman–Crippen MR) is 72.1 cm³/mol. The number of hydrogen-bond donors (Lipinski definition) is 0. The van der Waals surface area contributed by atoms with Gasteiger partial charge in [0, 0.05) is 5.10 Å². The molecular formula is C15H22N3+. The highest BCUT2D eigenvalue weighted by atomic mass is 15.3. The maximum atomic E-state index is 4.29. The van der Waals surface area contributed by atoms with Crippen LogP contribution in [-0.2, 0) is 19.0 Å². The first-order chi connectivity index (χ1) is 8.58. The third-order valence-corrected chi connectivity index (χ3v) is 3.44. The average molecular weight is 244 g/mol. The van der Waals surface area contributed by atoms with Gasteiger partial charge in [0.1, 0.15) is 6.54 Å². The summed E-state index contributed by atoms with van der Waals surface area (Å²) in [6.45, 7) is 5.61. The lowest BCUT2D eigenvalue weighted by molar-refractivity contribution is -0.672. The molecule has 0 amide bonds. The molecule has 0 aliphatic rings. The van der Waals surface area contributed by atoms with Crippen molar-refractivity contribution in [2.75, 3.05) is 0 Å². The Hall–Kier alpha value is -1.64. The summed E-state index contributed by atoms with van der Waals surface area (Å²) in [6.07, 6.45) is 6.17. The van der Waals surface area contributed by atoms with Gasteiger partial charge in [-0.1, -0.05) is 44.2 Å². The Balaban J connectivity index is 1.89. The molecule has 0 aliphatic carbocycles. The van der Waals surface area contributed by atoms with Crippen molar-refractivity contribution in [2.24, 2.45) is 7.05 Å². The van der Waals surface area contributed by atoms with Gasteiger partial charge in [-0.05, 0) is 23.8 Å². The van der Waals surface area contributed by atoms with Crippen molar-refractivity contribution in [3.8, 4) is 0 Å². The van der Waals surface area contributed by atoms with Crippen molar-refractivity contribution in [3.05, 3.63) is 48.5 Å². The van der Waals surface area contributed by atoms with E-state index in [1.807, 2.05) is 29.0 Å². The molecule has 0 saturated carbocycles. The first-order valence-electron chi connectivity index (χ1n) is 6.51. The van der Waals surface area contributed by atoms with Crippen LogP contribution in [0.1, 0.15) is 32.3 Å². The van der Waals surface area contributed by atoms with E-state index < -0.39 is 0 Å². The molecule has 0 radical (unpaired) electrons. The van der Waals surface area contributed by atoms with Crippen LogP contribution in [0, 0.1) is 0 Å². The summed E-state index contributed by atoms with van der Waals surface area (Å²) in [5.41, 5.74) is 1.65. The molecule has 0 bridgehead atoms. The second kappa shape index (κ2) is 5.34. The zero-order valence-electron chi connectivity index (χ0n) is 11.5. The van der Waals surface area contributed by atoms with Crippen molar-refractivity contribution < 1.29 is 4.57 Å². The minimum Gasteiger partial charge on any atom is -0.240 e. The lowest BCUT2D eigenvalue weighted by atomic mass is 9.80. The van der Waals surface area contributed by atoms with Crippen LogP contribution in [0.2, 0.25) is 0 Å². The maximum absolute atomic E-state index is 4.29. The Bertz CT molecular complexity index is 485. The fourth-order valence-corrected chi connectivity index (χ4v) is 2.25. The zero-order chi connectivity index (χ0) is 13.0. The molecule has 0 saturated heterocycles. The molecule has 3 nitrogen and oxygen atoms in total. The molecule has 0 fully saturated rings. The lowest BCUT2D eigenvalue weighted by Crippen LogP contribution is -2.24. The van der Waals surface area contributed by atoms with Crippen LogP contribution in [0.15, 0.2) is 43.0 Å². The molecule has 2 rings (SSSR count). The predicted octanol–water partition coefficient (Wildman–Crippen LogP) is 2.47. The van der Waals surface area contributed by atoms with Gasteiger partial charge in [-0.2, -0.15) is 0 Å². The Morgan fingerprint density at radius 2 is 1.94 bits per heavy atom. The number of nitrogens with zero attached hydrogens (tertiary/aromatic N) is 3. The summed E-state index contributed by atoms with van der Waals surface area (Å²) in [6, 6.07) is 10.7. The Kier molecular flexibility index (Phi) is 3.80. The van der Waals surface area contributed by atoms with Gasteiger partial charge in [-0.3, -0.25) is 0 Å². The first kappa shape index (κ1) is 12.8. The van der Waals surface area contributed by atoms with Crippen LogP contribution in [0.4, 0.5) is 0 Å². The monoisotopic (exact) mass is 244 g/mol. The Morgan fingerprint density at radius 1 is 1.22 bits per heavy atom. The zero-order valence-corrected chi connectivity index (χ0v) is 11.5. The van der Waals surface area contributed by atoms with Gasteiger partial charge in [-0.25, -0.2) is 4.57 Å². The maximum Gasteiger partial charge on any atom is 0.264 e. The summed E-state index contributed by atoms with van der Waals surface area (Å²) in [7, 11) is 2.00. The molecule has 96 valence electrons. The van der Waals surface area contributed by atoms with E-state index >= 15 is 0 Å². The standard InChI is InChI=1S/C15H22N3/c1-15(2,14-8-5-4-6-9-14)10-7-11-18-13-17(3)12-16-18/h4-6,8-9,12-13H,7,10-11H2,1-3H3/q+1. The van der Waals surface area contributed by atoms with Gasteiger partial charge in [-0.15, -0.1) is 4.68 Å². The number of benzene rings is 1. The normalized spacial score (nSPS) is 11.7. The molecule has 0 atom stereocenters. The van der Waals surface area contributed by atoms with Crippen molar-refractivity contribution in [1.82, 2.24) is 9.78 Å². The lowest BCUT2D eigenvalue weighted by Gasteiger charge is -2.24. The second-order valence-electron chi connectivity index (χ2n) is 5.53. The highest BCUT2D eigenvalue weighted by Crippen LogP contribution is 2.28. The minimum atomic E-state index is 0.233. The number of rotatable bonds is 5. The van der Waals surface area contributed by atoms with E-state index in [9.17, 15) is 0 Å². The fraction of sp³-hybridized carbons (Fsp3) is 0.467. The van der Waals surface area contributed by atoms with Crippen LogP contribution >= 0.6 is 0 Å². The smallest absolute Gasteiger partial charge is 0.240 e. The third-order valence-electron chi connectivity index (χ3n) is 3.44. The van der Waals surface area contributed by atoms with E-state index in [2.05, 4.69) is 49.3 Å². The van der Waals surface area contributed by atoms with Crippen molar-refractivity contribution in [1.29, 1.82) is 0 Å². The summed E-state index contributed by atoms with van der Waals surface area (Å²) in [5.74, 6) is 0. The molecular weight excluding hydrogens is 222 g/mol. The average Bonchev–Trinajstić information content (AvgIpc) is 2.76. The van der Waals surface area contributed by atoms with E-state index in [4.69, 9.17) is 0 Å². The van der Waals surface area contributed by atoms with Crippen LogP contribution in [-0.4, -0.2) is 9.78 Å². The van der Waals surface area contributed by atoms with Gasteiger partial charge >= 0.3 is 0 Å². The quantitative estimate of drug-likeness (QED) is 0.740. The summed E-state index contributed by atoms with van der Waals surface area (Å²) < 4.78 is 3.98. The van der Waals surface area contributed by atoms with E-state index in [0.717, 1.165) is 13.0 Å². The Morgan fingerprint density at radius 3 is 2.56 bits per heavy atom. The summed E-state index contributed by atoms with van der Waals surface area (Å²) >= 11 is 0. The third kappa shape index (κ3) is 3.19. The summed E-state index contributed by atoms with van der Waals surface area (Å²) in [5, 5.41) is 4.29. The number of hydrogen-bond acceptors (Lipinski definition) is 1. The van der Waals surface area contributed by atoms with Gasteiger partial charge in [0.05, 0.1) is 7.05 Å². The fourth-order valence-electron chi connectivity index (χ4n) is 2.25. The van der Waals surface area contributed by atoms with Crippen molar-refractivity contribution in [3.63, 3.8) is 0 Å². The molecule has 1 aromatic heterocycles. The van der Waals surface area contributed by atoms with E-state index in [-0.39, 0.29) is 5.41 Å². The van der Waals surface area contributed by atoms with Crippen LogP contribution in [0.5, 0.6) is 0 Å². The summed E-state index contributed by atoms with van der Waals surface area (Å²) in [4.78, 5) is 0. The van der Waals surface area contributed by atoms with Crippen LogP contribution in [0.3, 0.4) is 0 Å². The largest absolute Gasteiger partial charge is 0.264 e. The van der Waals surface area contributed by atoms with E-state index in [0.29, 0.717) is 0 Å². The molecule has 3 heteroatoms. The molecule has 0 aliphatic heterocycles. The van der Waals surface area contributed by atoms with Gasteiger partial charge in [0.2, 0.25) is 6.33 Å². The molecule has 0 N–H and O–H groups in total. The highest BCUT2D eigenvalue weighted by molar-refractivity contribution is 5.23. The topological polar surface area (TPSA) is 21.7 Å². The van der Waals surface area contributed by atoms with Crippen molar-refractivity contribution >= 4 is 0 Å². The van der Waals surface area contributed by atoms with Crippen LogP contribution in [0.25, 0.3) is 0 Å². The van der Waals surface area contributed by atoms with Gasteiger partial charge in [0.25, 0.3) is 6.33 Å². The molecule has 1 heterocycles. The molecule has 2 aromatic rings. The van der Waals surface area contributed by atoms with E-state index in [1.165, 1.54) is 12.0 Å². The molecule has 0 unspecified atom stereocenters. The van der Waals surface area contributed by atoms with Crippen LogP contribution < -0.4 is 4.57 Å². The minimum absolute atomic E-state index is 0.233. The van der Waals surface area contributed by atoms with Gasteiger partial charge < -0.3 is 0 Å². The van der Waals surface area contributed by atoms with E-state index in [1.54, 1.807) is 0 Å². The molecule has 1 aromatic carbocycles. The second-order valence-corrected chi connectivity index (χ2v) is 5.53.